The fraction of sp³-hybridized carbons (Fsp3) is 0.562. The molecular weight excluding hydrogens is 328 g/mol. The van der Waals surface area contributed by atoms with Crippen LogP contribution in [0.25, 0.3) is 0 Å². The highest BCUT2D eigenvalue weighted by molar-refractivity contribution is 7.07. The molecule has 24 heavy (non-hydrogen) atoms. The number of hydrogen-bond donors (Lipinski definition) is 2. The van der Waals surface area contributed by atoms with Gasteiger partial charge in [-0.15, -0.1) is 11.3 Å². The molecule has 1 aliphatic heterocycles. The van der Waals surface area contributed by atoms with E-state index >= 15 is 0 Å². The van der Waals surface area contributed by atoms with Crippen molar-refractivity contribution in [1.29, 1.82) is 0 Å². The standard InChI is InChI=1S/C16H22N4O3S/c1-10(2)15-14(17-8-23-15)16(22)19-12-3-4-20(6-13(12)21)5-11-7-24-9-18-11/h7-10,12-13,21H,3-6H2,1-2H3,(H,19,22)/t12-,13-/m1/s1. The van der Waals surface area contributed by atoms with Crippen molar-refractivity contribution in [3.05, 3.63) is 34.4 Å². The number of carbonyl (C=O) groups is 1. The van der Waals surface area contributed by atoms with E-state index in [1.165, 1.54) is 6.39 Å². The molecule has 3 heterocycles. The number of hydrogen-bond acceptors (Lipinski definition) is 7. The molecule has 1 aliphatic rings. The number of β-amino-alcohol motifs (C(OH)–C–C–N with tert-alkyl or cyclic N) is 1. The molecule has 2 aromatic heterocycles. The molecule has 2 atom stereocenters. The molecule has 1 fully saturated rings. The van der Waals surface area contributed by atoms with Gasteiger partial charge in [-0.05, 0) is 6.42 Å². The molecule has 3 rings (SSSR count). The van der Waals surface area contributed by atoms with Gasteiger partial charge in [0.2, 0.25) is 0 Å². The van der Waals surface area contributed by atoms with Crippen molar-refractivity contribution in [3.63, 3.8) is 0 Å². The number of rotatable bonds is 5. The monoisotopic (exact) mass is 350 g/mol. The predicted molar refractivity (Wildman–Crippen MR) is 89.9 cm³/mol. The normalized spacial score (nSPS) is 22.0. The summed E-state index contributed by atoms with van der Waals surface area (Å²) in [5.74, 6) is 0.366. The highest BCUT2D eigenvalue weighted by atomic mass is 32.1. The van der Waals surface area contributed by atoms with Crippen LogP contribution in [-0.2, 0) is 6.54 Å². The number of likely N-dealkylation sites (tertiary alicyclic amines) is 1. The second kappa shape index (κ2) is 7.42. The van der Waals surface area contributed by atoms with E-state index in [-0.39, 0.29) is 17.9 Å². The lowest BCUT2D eigenvalue weighted by atomic mass is 10.0. The second-order valence-electron chi connectivity index (χ2n) is 6.37. The third-order valence-corrected chi connectivity index (χ3v) is 4.82. The fourth-order valence-corrected chi connectivity index (χ4v) is 3.48. The molecule has 0 spiro atoms. The number of piperidine rings is 1. The first kappa shape index (κ1) is 17.1. The highest BCUT2D eigenvalue weighted by Crippen LogP contribution is 2.19. The first-order chi connectivity index (χ1) is 11.5. The molecule has 7 nitrogen and oxygen atoms in total. The average Bonchev–Trinajstić information content (AvgIpc) is 3.21. The number of amides is 1. The van der Waals surface area contributed by atoms with Gasteiger partial charge in [0.25, 0.3) is 5.91 Å². The van der Waals surface area contributed by atoms with Gasteiger partial charge in [-0.3, -0.25) is 9.69 Å². The number of nitrogens with zero attached hydrogens (tertiary/aromatic N) is 3. The van der Waals surface area contributed by atoms with Gasteiger partial charge in [-0.2, -0.15) is 0 Å². The molecule has 0 radical (unpaired) electrons. The molecule has 1 saturated heterocycles. The molecule has 0 unspecified atom stereocenters. The number of nitrogens with one attached hydrogen (secondary N) is 1. The minimum atomic E-state index is -0.615. The quantitative estimate of drug-likeness (QED) is 0.851. The van der Waals surface area contributed by atoms with E-state index < -0.39 is 6.10 Å². The van der Waals surface area contributed by atoms with Crippen molar-refractivity contribution in [2.45, 2.75) is 44.9 Å². The van der Waals surface area contributed by atoms with Crippen molar-refractivity contribution in [2.75, 3.05) is 13.1 Å². The summed E-state index contributed by atoms with van der Waals surface area (Å²) in [7, 11) is 0. The van der Waals surface area contributed by atoms with Gasteiger partial charge in [0.15, 0.2) is 12.1 Å². The van der Waals surface area contributed by atoms with Crippen molar-refractivity contribution >= 4 is 17.2 Å². The van der Waals surface area contributed by atoms with Gasteiger partial charge in [-0.25, -0.2) is 9.97 Å². The lowest BCUT2D eigenvalue weighted by Gasteiger charge is -2.35. The van der Waals surface area contributed by atoms with Crippen LogP contribution in [-0.4, -0.2) is 51.1 Å². The molecule has 0 bridgehead atoms. The minimum absolute atomic E-state index is 0.0816. The lowest BCUT2D eigenvalue weighted by molar-refractivity contribution is 0.0344. The SMILES string of the molecule is CC(C)c1ocnc1C(=O)N[C@@H]1CCN(Cc2cscn2)C[C@H]1O. The maximum atomic E-state index is 12.4. The highest BCUT2D eigenvalue weighted by Gasteiger charge is 2.30. The minimum Gasteiger partial charge on any atom is -0.447 e. The number of thiazole rings is 1. The predicted octanol–water partition coefficient (Wildman–Crippen LogP) is 1.62. The zero-order valence-corrected chi connectivity index (χ0v) is 14.6. The van der Waals surface area contributed by atoms with E-state index in [4.69, 9.17) is 4.42 Å². The van der Waals surface area contributed by atoms with Crippen molar-refractivity contribution in [2.24, 2.45) is 0 Å². The zero-order valence-electron chi connectivity index (χ0n) is 13.8. The molecule has 2 N–H and O–H groups in total. The number of carbonyl (C=O) groups excluding carboxylic acids is 1. The molecular formula is C16H22N4O3S. The summed E-state index contributed by atoms with van der Waals surface area (Å²) in [4.78, 5) is 22.9. The largest absolute Gasteiger partial charge is 0.447 e. The molecule has 0 saturated carbocycles. The molecule has 8 heteroatoms. The third-order valence-electron chi connectivity index (χ3n) is 4.19. The lowest BCUT2D eigenvalue weighted by Crippen LogP contribution is -2.53. The van der Waals surface area contributed by atoms with Crippen LogP contribution in [0.1, 0.15) is 48.1 Å². The third kappa shape index (κ3) is 3.82. The topological polar surface area (TPSA) is 91.5 Å². The van der Waals surface area contributed by atoms with Crippen molar-refractivity contribution in [1.82, 2.24) is 20.2 Å². The van der Waals surface area contributed by atoms with E-state index in [2.05, 4.69) is 20.2 Å². The van der Waals surface area contributed by atoms with E-state index in [0.29, 0.717) is 24.4 Å². The summed E-state index contributed by atoms with van der Waals surface area (Å²) >= 11 is 1.57. The summed E-state index contributed by atoms with van der Waals surface area (Å²) in [6.07, 6.45) is 1.36. The van der Waals surface area contributed by atoms with Gasteiger partial charge in [0.1, 0.15) is 5.76 Å². The summed E-state index contributed by atoms with van der Waals surface area (Å²) < 4.78 is 5.29. The van der Waals surface area contributed by atoms with Crippen LogP contribution in [0.2, 0.25) is 0 Å². The van der Waals surface area contributed by atoms with Crippen molar-refractivity contribution < 1.29 is 14.3 Å². The summed E-state index contributed by atoms with van der Waals surface area (Å²) in [5, 5.41) is 15.3. The van der Waals surface area contributed by atoms with Gasteiger partial charge in [0.05, 0.1) is 23.4 Å². The molecule has 130 valence electrons. The Morgan fingerprint density at radius 3 is 3.04 bits per heavy atom. The van der Waals surface area contributed by atoms with Crippen LogP contribution in [0.15, 0.2) is 21.7 Å². The van der Waals surface area contributed by atoms with E-state index in [1.54, 1.807) is 11.3 Å². The van der Waals surface area contributed by atoms with Crippen LogP contribution in [0.3, 0.4) is 0 Å². The van der Waals surface area contributed by atoms with Crippen LogP contribution in [0.5, 0.6) is 0 Å². The molecule has 2 aromatic rings. The van der Waals surface area contributed by atoms with E-state index in [1.807, 2.05) is 24.7 Å². The Morgan fingerprint density at radius 2 is 2.38 bits per heavy atom. The Balaban J connectivity index is 1.56. The van der Waals surface area contributed by atoms with Gasteiger partial charge < -0.3 is 14.8 Å². The van der Waals surface area contributed by atoms with E-state index in [9.17, 15) is 9.90 Å². The zero-order chi connectivity index (χ0) is 17.1. The smallest absolute Gasteiger partial charge is 0.273 e. The van der Waals surface area contributed by atoms with Crippen molar-refractivity contribution in [3.8, 4) is 0 Å². The maximum Gasteiger partial charge on any atom is 0.273 e. The number of oxazole rings is 1. The second-order valence-corrected chi connectivity index (χ2v) is 7.09. The Bertz CT molecular complexity index is 671. The van der Waals surface area contributed by atoms with Gasteiger partial charge in [0, 0.05) is 30.9 Å². The first-order valence-electron chi connectivity index (χ1n) is 8.06. The number of aliphatic hydroxyl groups is 1. The Hall–Kier alpha value is -1.77. The first-order valence-corrected chi connectivity index (χ1v) is 9.00. The summed E-state index contributed by atoms with van der Waals surface area (Å²) in [6.45, 7) is 5.93. The Labute approximate surface area is 144 Å². The van der Waals surface area contributed by atoms with E-state index in [0.717, 1.165) is 18.8 Å². The fourth-order valence-electron chi connectivity index (χ4n) is 2.93. The number of aliphatic hydroxyl groups excluding tert-OH is 1. The summed E-state index contributed by atoms with van der Waals surface area (Å²) in [6, 6.07) is -0.277. The van der Waals surface area contributed by atoms with Crippen LogP contribution < -0.4 is 5.32 Å². The molecule has 0 aliphatic carbocycles. The van der Waals surface area contributed by atoms with Gasteiger partial charge in [-0.1, -0.05) is 13.8 Å². The molecule has 0 aromatic carbocycles. The average molecular weight is 350 g/mol. The van der Waals surface area contributed by atoms with Crippen LogP contribution in [0.4, 0.5) is 0 Å². The summed E-state index contributed by atoms with van der Waals surface area (Å²) in [5.41, 5.74) is 3.13. The van der Waals surface area contributed by atoms with Crippen LogP contribution in [0, 0.1) is 0 Å². The van der Waals surface area contributed by atoms with Gasteiger partial charge >= 0.3 is 0 Å². The maximum absolute atomic E-state index is 12.4. The van der Waals surface area contributed by atoms with Crippen LogP contribution >= 0.6 is 11.3 Å². The number of aromatic nitrogens is 2. The Kier molecular flexibility index (Phi) is 5.27. The Morgan fingerprint density at radius 1 is 1.54 bits per heavy atom. The molecule has 1 amide bonds.